The number of nitrogens with one attached hydrogen (secondary N) is 3. The van der Waals surface area contributed by atoms with Crippen molar-refractivity contribution in [1.82, 2.24) is 5.32 Å². The van der Waals surface area contributed by atoms with E-state index in [4.69, 9.17) is 17.0 Å². The van der Waals surface area contributed by atoms with Gasteiger partial charge in [-0.05, 0) is 80.0 Å². The first kappa shape index (κ1) is 25.2. The van der Waals surface area contributed by atoms with Crippen LogP contribution in [0.15, 0.2) is 71.6 Å². The maximum Gasteiger partial charge on any atom is 0.261 e. The summed E-state index contributed by atoms with van der Waals surface area (Å²) >= 11 is 5.25. The number of hydrogen-bond acceptors (Lipinski definition) is 5. The zero-order valence-electron chi connectivity index (χ0n) is 19.2. The molecule has 0 aromatic heterocycles. The van der Waals surface area contributed by atoms with Crippen LogP contribution >= 0.6 is 12.2 Å². The molecule has 7 nitrogen and oxygen atoms in total. The first-order chi connectivity index (χ1) is 16.2. The lowest BCUT2D eigenvalue weighted by Gasteiger charge is -2.14. The zero-order valence-corrected chi connectivity index (χ0v) is 20.8. The van der Waals surface area contributed by atoms with Crippen LogP contribution in [0.3, 0.4) is 0 Å². The number of carbonyl (C=O) groups excluding carboxylic acids is 1. The summed E-state index contributed by atoms with van der Waals surface area (Å²) in [5, 5.41) is 5.60. The van der Waals surface area contributed by atoms with Crippen molar-refractivity contribution in [2.24, 2.45) is 0 Å². The summed E-state index contributed by atoms with van der Waals surface area (Å²) in [6.07, 6.45) is 0.821. The van der Waals surface area contributed by atoms with E-state index < -0.39 is 15.9 Å². The quantitative estimate of drug-likeness (QED) is 0.378. The Kier molecular flexibility index (Phi) is 8.25. The van der Waals surface area contributed by atoms with E-state index in [0.717, 1.165) is 17.5 Å². The highest BCUT2D eigenvalue weighted by Crippen LogP contribution is 2.24. The van der Waals surface area contributed by atoms with Crippen LogP contribution in [0.2, 0.25) is 0 Å². The van der Waals surface area contributed by atoms with Crippen LogP contribution in [0.25, 0.3) is 0 Å². The van der Waals surface area contributed by atoms with E-state index in [1.165, 1.54) is 12.1 Å². The Morgan fingerprint density at radius 3 is 2.24 bits per heavy atom. The molecular formula is C25H27N3O4S2. The minimum absolute atomic E-state index is 0.0829. The average molecular weight is 498 g/mol. The van der Waals surface area contributed by atoms with Gasteiger partial charge in [-0.25, -0.2) is 8.42 Å². The van der Waals surface area contributed by atoms with Crippen LogP contribution in [-0.4, -0.2) is 26.0 Å². The number of rotatable bonds is 8. The van der Waals surface area contributed by atoms with Gasteiger partial charge in [-0.1, -0.05) is 37.3 Å². The highest BCUT2D eigenvalue weighted by Gasteiger charge is 2.17. The molecule has 34 heavy (non-hydrogen) atoms. The van der Waals surface area contributed by atoms with Crippen LogP contribution in [0.4, 0.5) is 11.4 Å². The molecule has 3 aromatic carbocycles. The molecule has 0 spiro atoms. The van der Waals surface area contributed by atoms with Crippen molar-refractivity contribution in [3.05, 3.63) is 83.4 Å². The van der Waals surface area contributed by atoms with Gasteiger partial charge in [-0.2, -0.15) is 0 Å². The third kappa shape index (κ3) is 6.33. The molecule has 9 heteroatoms. The van der Waals surface area contributed by atoms with E-state index in [-0.39, 0.29) is 10.0 Å². The summed E-state index contributed by atoms with van der Waals surface area (Å²) in [5.74, 6) is 0.0804. The molecule has 0 aliphatic rings. The van der Waals surface area contributed by atoms with Gasteiger partial charge in [-0.15, -0.1) is 0 Å². The molecule has 1 amide bonds. The van der Waals surface area contributed by atoms with Crippen LogP contribution in [0.5, 0.6) is 5.75 Å². The standard InChI is InChI=1S/C25H27N3O4S2/c1-4-16-32-22-11-6-5-10-21(22)24(29)27-25(33)26-19-12-14-20(15-13-19)34(30,31)28-23-17(2)8-7-9-18(23)3/h5-15,28H,4,16H2,1-3H3,(H2,26,27,29,33). The Morgan fingerprint density at radius 2 is 1.59 bits per heavy atom. The first-order valence-corrected chi connectivity index (χ1v) is 12.6. The van der Waals surface area contributed by atoms with Gasteiger partial charge < -0.3 is 10.1 Å². The number of benzene rings is 3. The predicted octanol–water partition coefficient (Wildman–Crippen LogP) is 5.02. The number of amides is 1. The van der Waals surface area contributed by atoms with Gasteiger partial charge >= 0.3 is 0 Å². The fraction of sp³-hybridized carbons (Fsp3) is 0.200. The third-order valence-corrected chi connectivity index (χ3v) is 6.53. The molecular weight excluding hydrogens is 470 g/mol. The van der Waals surface area contributed by atoms with E-state index in [1.807, 2.05) is 39.0 Å². The van der Waals surface area contributed by atoms with E-state index in [2.05, 4.69) is 15.4 Å². The number of hydrogen-bond donors (Lipinski definition) is 3. The predicted molar refractivity (Wildman–Crippen MR) is 139 cm³/mol. The molecule has 0 unspecified atom stereocenters. The maximum absolute atomic E-state index is 12.8. The lowest BCUT2D eigenvalue weighted by atomic mass is 10.1. The van der Waals surface area contributed by atoms with E-state index in [1.54, 1.807) is 36.4 Å². The Hall–Kier alpha value is -3.43. The van der Waals surface area contributed by atoms with Gasteiger partial charge in [0.25, 0.3) is 15.9 Å². The summed E-state index contributed by atoms with van der Waals surface area (Å²) in [7, 11) is -3.77. The number of ether oxygens (including phenoxy) is 1. The Morgan fingerprint density at radius 1 is 0.941 bits per heavy atom. The fourth-order valence-corrected chi connectivity index (χ4v) is 4.62. The second-order valence-electron chi connectivity index (χ2n) is 7.65. The minimum Gasteiger partial charge on any atom is -0.493 e. The average Bonchev–Trinajstić information content (AvgIpc) is 2.80. The maximum atomic E-state index is 12.8. The molecule has 0 aliphatic heterocycles. The van der Waals surface area contributed by atoms with Gasteiger partial charge in [0.05, 0.1) is 22.8 Å². The second-order valence-corrected chi connectivity index (χ2v) is 9.74. The molecule has 0 saturated carbocycles. The smallest absolute Gasteiger partial charge is 0.261 e. The van der Waals surface area contributed by atoms with Crippen molar-refractivity contribution < 1.29 is 17.9 Å². The Balaban J connectivity index is 1.65. The normalized spacial score (nSPS) is 10.9. The molecule has 0 bridgehead atoms. The van der Waals surface area contributed by atoms with Crippen LogP contribution in [0, 0.1) is 13.8 Å². The molecule has 0 heterocycles. The summed E-state index contributed by atoms with van der Waals surface area (Å²) in [4.78, 5) is 12.7. The van der Waals surface area contributed by atoms with Crippen LogP contribution in [0.1, 0.15) is 34.8 Å². The highest BCUT2D eigenvalue weighted by molar-refractivity contribution is 7.92. The first-order valence-electron chi connectivity index (χ1n) is 10.7. The molecule has 3 aromatic rings. The number of anilines is 2. The van der Waals surface area contributed by atoms with E-state index in [9.17, 15) is 13.2 Å². The molecule has 0 atom stereocenters. The molecule has 0 radical (unpaired) electrons. The topological polar surface area (TPSA) is 96.5 Å². The van der Waals surface area contributed by atoms with Crippen molar-refractivity contribution in [3.8, 4) is 5.75 Å². The summed E-state index contributed by atoms with van der Waals surface area (Å²) in [5.41, 5.74) is 3.15. The highest BCUT2D eigenvalue weighted by atomic mass is 32.2. The third-order valence-electron chi connectivity index (χ3n) is 4.96. The fourth-order valence-electron chi connectivity index (χ4n) is 3.21. The van der Waals surface area contributed by atoms with Gasteiger partial charge in [0, 0.05) is 5.69 Å². The van der Waals surface area contributed by atoms with Crippen molar-refractivity contribution in [1.29, 1.82) is 0 Å². The summed E-state index contributed by atoms with van der Waals surface area (Å²) < 4.78 is 33.9. The lowest BCUT2D eigenvalue weighted by Crippen LogP contribution is -2.34. The van der Waals surface area contributed by atoms with Crippen molar-refractivity contribution >= 4 is 44.6 Å². The van der Waals surface area contributed by atoms with E-state index >= 15 is 0 Å². The van der Waals surface area contributed by atoms with Gasteiger partial charge in [0.2, 0.25) is 0 Å². The number of carbonyl (C=O) groups is 1. The van der Waals surface area contributed by atoms with Crippen LogP contribution in [-0.2, 0) is 10.0 Å². The van der Waals surface area contributed by atoms with Crippen molar-refractivity contribution in [2.75, 3.05) is 16.6 Å². The lowest BCUT2D eigenvalue weighted by molar-refractivity contribution is 0.0973. The minimum atomic E-state index is -3.77. The van der Waals surface area contributed by atoms with Gasteiger partial charge in [-0.3, -0.25) is 14.8 Å². The van der Waals surface area contributed by atoms with E-state index in [0.29, 0.717) is 29.3 Å². The van der Waals surface area contributed by atoms with Gasteiger partial charge in [0.1, 0.15) is 5.75 Å². The summed E-state index contributed by atoms with van der Waals surface area (Å²) in [6.45, 7) is 6.18. The SMILES string of the molecule is CCCOc1ccccc1C(=O)NC(=S)Nc1ccc(S(=O)(=O)Nc2c(C)cccc2C)cc1. The Bertz CT molecular complexity index is 1270. The number of aryl methyl sites for hydroxylation is 2. The Labute approximate surface area is 205 Å². The summed E-state index contributed by atoms with van der Waals surface area (Å²) in [6, 6.07) is 18.6. The van der Waals surface area contributed by atoms with Crippen molar-refractivity contribution in [3.63, 3.8) is 0 Å². The largest absolute Gasteiger partial charge is 0.493 e. The molecule has 3 rings (SSSR count). The molecule has 0 saturated heterocycles. The molecule has 0 aliphatic carbocycles. The molecule has 3 N–H and O–H groups in total. The van der Waals surface area contributed by atoms with Crippen molar-refractivity contribution in [2.45, 2.75) is 32.1 Å². The number of sulfonamides is 1. The van der Waals surface area contributed by atoms with Gasteiger partial charge in [0.15, 0.2) is 5.11 Å². The molecule has 178 valence electrons. The molecule has 0 fully saturated rings. The number of para-hydroxylation sites is 2. The monoisotopic (exact) mass is 497 g/mol. The second kappa shape index (κ2) is 11.1. The van der Waals surface area contributed by atoms with Crippen LogP contribution < -0.4 is 20.1 Å². The number of thiocarbonyl (C=S) groups is 1. The zero-order chi connectivity index (χ0) is 24.7.